The molecule has 0 saturated heterocycles. The Labute approximate surface area is 71.1 Å². The highest BCUT2D eigenvalue weighted by Crippen LogP contribution is 2.18. The first-order valence-electron chi connectivity index (χ1n) is 2.85. The average Bonchev–Trinajstić information content (AvgIpc) is 2.34. The highest BCUT2D eigenvalue weighted by Gasteiger charge is 2.17. The lowest BCUT2D eigenvalue weighted by Gasteiger charge is -1.99. The molecule has 0 fully saturated rings. The van der Waals surface area contributed by atoms with Crippen LogP contribution in [0.25, 0.3) is 0 Å². The molecule has 1 atom stereocenters. The van der Waals surface area contributed by atoms with Crippen molar-refractivity contribution in [1.82, 2.24) is 0 Å². The topological polar surface area (TPSA) is 76.5 Å². The SMILES string of the molecule is NC(C(=O)O)c1ccc(Br)o1. The summed E-state index contributed by atoms with van der Waals surface area (Å²) >= 11 is 3.03. The van der Waals surface area contributed by atoms with Crippen LogP contribution in [0.3, 0.4) is 0 Å². The van der Waals surface area contributed by atoms with Crippen molar-refractivity contribution in [2.24, 2.45) is 5.73 Å². The molecule has 0 aliphatic carbocycles. The van der Waals surface area contributed by atoms with Crippen LogP contribution in [0.2, 0.25) is 0 Å². The van der Waals surface area contributed by atoms with E-state index in [-0.39, 0.29) is 5.76 Å². The molecule has 0 amide bonds. The predicted molar refractivity (Wildman–Crippen MR) is 41.0 cm³/mol. The fourth-order valence-electron chi connectivity index (χ4n) is 0.617. The summed E-state index contributed by atoms with van der Waals surface area (Å²) in [6.45, 7) is 0. The predicted octanol–water partition coefficient (Wildman–Crippen LogP) is 1.13. The van der Waals surface area contributed by atoms with Gasteiger partial charge in [-0.15, -0.1) is 0 Å². The minimum absolute atomic E-state index is 0.240. The van der Waals surface area contributed by atoms with Crippen molar-refractivity contribution in [2.45, 2.75) is 6.04 Å². The van der Waals surface area contributed by atoms with Gasteiger partial charge in [-0.1, -0.05) is 0 Å². The number of halogens is 1. The number of hydrogen-bond acceptors (Lipinski definition) is 3. The van der Waals surface area contributed by atoms with Crippen molar-refractivity contribution >= 4 is 21.9 Å². The monoisotopic (exact) mass is 219 g/mol. The van der Waals surface area contributed by atoms with Crippen molar-refractivity contribution in [2.75, 3.05) is 0 Å². The standard InChI is InChI=1S/C6H6BrNO3/c7-4-2-1-3(11-4)5(8)6(9)10/h1-2,5H,8H2,(H,9,10). The van der Waals surface area contributed by atoms with Crippen LogP contribution in [0.5, 0.6) is 0 Å². The number of carboxylic acids is 1. The maximum Gasteiger partial charge on any atom is 0.328 e. The Kier molecular flexibility index (Phi) is 2.31. The van der Waals surface area contributed by atoms with Gasteiger partial charge in [0.05, 0.1) is 0 Å². The van der Waals surface area contributed by atoms with Gasteiger partial charge in [0.15, 0.2) is 10.7 Å². The molecule has 1 unspecified atom stereocenters. The van der Waals surface area contributed by atoms with Crippen LogP contribution in [-0.2, 0) is 4.79 Å². The van der Waals surface area contributed by atoms with Crippen molar-refractivity contribution in [3.8, 4) is 0 Å². The zero-order chi connectivity index (χ0) is 8.43. The number of nitrogens with two attached hydrogens (primary N) is 1. The van der Waals surface area contributed by atoms with Gasteiger partial charge < -0.3 is 15.3 Å². The van der Waals surface area contributed by atoms with Gasteiger partial charge in [-0.25, -0.2) is 0 Å². The van der Waals surface area contributed by atoms with Crippen molar-refractivity contribution in [3.63, 3.8) is 0 Å². The molecule has 0 bridgehead atoms. The van der Waals surface area contributed by atoms with Gasteiger partial charge in [0.1, 0.15) is 5.76 Å². The Morgan fingerprint density at radius 3 is 2.73 bits per heavy atom. The molecule has 1 heterocycles. The molecule has 0 spiro atoms. The van der Waals surface area contributed by atoms with Crippen LogP contribution in [-0.4, -0.2) is 11.1 Å². The zero-order valence-electron chi connectivity index (χ0n) is 5.45. The Balaban J connectivity index is 2.84. The van der Waals surface area contributed by atoms with E-state index < -0.39 is 12.0 Å². The van der Waals surface area contributed by atoms with Crippen molar-refractivity contribution in [3.05, 3.63) is 22.6 Å². The normalized spacial score (nSPS) is 12.9. The molecule has 60 valence electrons. The summed E-state index contributed by atoms with van der Waals surface area (Å²) in [5, 5.41) is 8.44. The highest BCUT2D eigenvalue weighted by molar-refractivity contribution is 9.10. The van der Waals surface area contributed by atoms with Crippen LogP contribution in [0, 0.1) is 0 Å². The third-order valence-electron chi connectivity index (χ3n) is 1.17. The van der Waals surface area contributed by atoms with E-state index in [1.807, 2.05) is 0 Å². The molecule has 4 nitrogen and oxygen atoms in total. The number of hydrogen-bond donors (Lipinski definition) is 2. The first kappa shape index (κ1) is 8.29. The van der Waals surface area contributed by atoms with Crippen LogP contribution in [0.1, 0.15) is 11.8 Å². The van der Waals surface area contributed by atoms with E-state index in [1.165, 1.54) is 6.07 Å². The molecular weight excluding hydrogens is 214 g/mol. The fourth-order valence-corrected chi connectivity index (χ4v) is 0.936. The van der Waals surface area contributed by atoms with Gasteiger partial charge in [-0.05, 0) is 28.1 Å². The number of carbonyl (C=O) groups is 1. The zero-order valence-corrected chi connectivity index (χ0v) is 7.04. The lowest BCUT2D eigenvalue weighted by Crippen LogP contribution is -2.19. The molecule has 0 aromatic carbocycles. The summed E-state index contributed by atoms with van der Waals surface area (Å²) in [7, 11) is 0. The molecule has 1 aromatic rings. The molecule has 0 aliphatic rings. The third kappa shape index (κ3) is 1.81. The van der Waals surface area contributed by atoms with Crippen LogP contribution < -0.4 is 5.73 Å². The lowest BCUT2D eigenvalue weighted by atomic mass is 10.2. The molecule has 0 aliphatic heterocycles. The summed E-state index contributed by atoms with van der Waals surface area (Å²) in [4.78, 5) is 10.3. The summed E-state index contributed by atoms with van der Waals surface area (Å²) < 4.78 is 5.39. The van der Waals surface area contributed by atoms with Gasteiger partial charge in [-0.3, -0.25) is 4.79 Å². The number of aliphatic carboxylic acids is 1. The van der Waals surface area contributed by atoms with Gasteiger partial charge in [0, 0.05) is 0 Å². The van der Waals surface area contributed by atoms with Crippen LogP contribution in [0.15, 0.2) is 21.2 Å². The van der Waals surface area contributed by atoms with E-state index in [4.69, 9.17) is 15.3 Å². The Hall–Kier alpha value is -0.810. The number of rotatable bonds is 2. The summed E-state index contributed by atoms with van der Waals surface area (Å²) in [5.74, 6) is -0.865. The minimum Gasteiger partial charge on any atom is -0.480 e. The molecular formula is C6H6BrNO3. The van der Waals surface area contributed by atoms with Gasteiger partial charge in [-0.2, -0.15) is 0 Å². The number of furan rings is 1. The molecule has 11 heavy (non-hydrogen) atoms. The van der Waals surface area contributed by atoms with Crippen molar-refractivity contribution in [1.29, 1.82) is 0 Å². The Morgan fingerprint density at radius 1 is 1.73 bits per heavy atom. The third-order valence-corrected chi connectivity index (χ3v) is 1.59. The second-order valence-electron chi connectivity index (χ2n) is 1.96. The maximum atomic E-state index is 10.3. The van der Waals surface area contributed by atoms with Crippen LogP contribution >= 0.6 is 15.9 Å². The molecule has 1 aromatic heterocycles. The number of carboxylic acid groups (broad SMARTS) is 1. The second kappa shape index (κ2) is 3.06. The largest absolute Gasteiger partial charge is 0.480 e. The Morgan fingerprint density at radius 2 is 2.36 bits per heavy atom. The molecule has 3 N–H and O–H groups in total. The fraction of sp³-hybridized carbons (Fsp3) is 0.167. The minimum atomic E-state index is -1.10. The Bertz CT molecular complexity index is 271. The second-order valence-corrected chi connectivity index (χ2v) is 2.74. The first-order valence-corrected chi connectivity index (χ1v) is 3.64. The average molecular weight is 220 g/mol. The molecule has 1 rings (SSSR count). The summed E-state index contributed by atoms with van der Waals surface area (Å²) in [6, 6.07) is 2.03. The lowest BCUT2D eigenvalue weighted by molar-refractivity contribution is -0.139. The maximum absolute atomic E-state index is 10.3. The van der Waals surface area contributed by atoms with E-state index >= 15 is 0 Å². The van der Waals surface area contributed by atoms with Gasteiger partial charge in [0.25, 0.3) is 0 Å². The molecule has 5 heteroatoms. The van der Waals surface area contributed by atoms with E-state index in [2.05, 4.69) is 15.9 Å². The van der Waals surface area contributed by atoms with Gasteiger partial charge in [0.2, 0.25) is 0 Å². The van der Waals surface area contributed by atoms with Gasteiger partial charge >= 0.3 is 5.97 Å². The smallest absolute Gasteiger partial charge is 0.328 e. The van der Waals surface area contributed by atoms with E-state index in [9.17, 15) is 4.79 Å². The quantitative estimate of drug-likeness (QED) is 0.782. The van der Waals surface area contributed by atoms with Crippen molar-refractivity contribution < 1.29 is 14.3 Å². The van der Waals surface area contributed by atoms with E-state index in [1.54, 1.807) is 6.07 Å². The molecule has 0 radical (unpaired) electrons. The highest BCUT2D eigenvalue weighted by atomic mass is 79.9. The molecule has 0 saturated carbocycles. The first-order chi connectivity index (χ1) is 5.11. The summed E-state index contributed by atoms with van der Waals surface area (Å²) in [6.07, 6.45) is 0. The van der Waals surface area contributed by atoms with E-state index in [0.29, 0.717) is 4.67 Å². The van der Waals surface area contributed by atoms with E-state index in [0.717, 1.165) is 0 Å². The van der Waals surface area contributed by atoms with Crippen LogP contribution in [0.4, 0.5) is 0 Å². The summed E-state index contributed by atoms with van der Waals surface area (Å²) in [5.41, 5.74) is 5.24.